The molecule has 1 heterocycles. The predicted molar refractivity (Wildman–Crippen MR) is 61.4 cm³/mol. The molecule has 3 nitrogen and oxygen atoms in total. The van der Waals surface area contributed by atoms with Crippen molar-refractivity contribution in [2.75, 3.05) is 0 Å². The van der Waals surface area contributed by atoms with Gasteiger partial charge in [0.05, 0.1) is 10.9 Å². The fourth-order valence-electron chi connectivity index (χ4n) is 2.59. The molecule has 1 aliphatic carbocycles. The molecule has 2 aromatic rings. The van der Waals surface area contributed by atoms with Gasteiger partial charge in [-0.3, -0.25) is 4.79 Å². The smallest absolute Gasteiger partial charge is 0.314 e. The number of carboxylic acids is 1. The van der Waals surface area contributed by atoms with Gasteiger partial charge >= 0.3 is 5.97 Å². The van der Waals surface area contributed by atoms with E-state index in [4.69, 9.17) is 0 Å². The third-order valence-corrected chi connectivity index (χ3v) is 3.80. The molecule has 0 spiro atoms. The first-order valence-electron chi connectivity index (χ1n) is 5.65. The normalized spacial score (nSPS) is 17.9. The molecule has 1 aromatic carbocycles. The van der Waals surface area contributed by atoms with Crippen molar-refractivity contribution in [2.45, 2.75) is 24.7 Å². The van der Waals surface area contributed by atoms with Crippen LogP contribution >= 0.6 is 0 Å². The SMILES string of the molecule is O=C(O)C1(c2ccc3cc[nH]c3c2F)CCC1. The third-order valence-electron chi connectivity index (χ3n) is 3.80. The summed E-state index contributed by atoms with van der Waals surface area (Å²) in [5.74, 6) is -1.34. The van der Waals surface area contributed by atoms with Crippen LogP contribution < -0.4 is 0 Å². The minimum Gasteiger partial charge on any atom is -0.481 e. The summed E-state index contributed by atoms with van der Waals surface area (Å²) in [5.41, 5.74) is -0.301. The van der Waals surface area contributed by atoms with Gasteiger partial charge in [-0.1, -0.05) is 18.6 Å². The van der Waals surface area contributed by atoms with Crippen LogP contribution in [0.4, 0.5) is 4.39 Å². The number of carboxylic acid groups (broad SMARTS) is 1. The van der Waals surface area contributed by atoms with Crippen LogP contribution in [0.5, 0.6) is 0 Å². The minimum absolute atomic E-state index is 0.311. The van der Waals surface area contributed by atoms with E-state index in [1.54, 1.807) is 24.4 Å². The molecule has 1 aromatic heterocycles. The summed E-state index contributed by atoms with van der Waals surface area (Å²) in [6.45, 7) is 0. The Bertz CT molecular complexity index is 598. The number of benzene rings is 1. The zero-order valence-electron chi connectivity index (χ0n) is 9.16. The van der Waals surface area contributed by atoms with Crippen molar-refractivity contribution < 1.29 is 14.3 Å². The van der Waals surface area contributed by atoms with E-state index in [9.17, 15) is 14.3 Å². The monoisotopic (exact) mass is 233 g/mol. The van der Waals surface area contributed by atoms with E-state index in [-0.39, 0.29) is 0 Å². The number of rotatable bonds is 2. The van der Waals surface area contributed by atoms with Crippen LogP contribution in [0.25, 0.3) is 10.9 Å². The van der Waals surface area contributed by atoms with E-state index in [2.05, 4.69) is 4.98 Å². The van der Waals surface area contributed by atoms with Gasteiger partial charge in [0, 0.05) is 17.1 Å². The van der Waals surface area contributed by atoms with Gasteiger partial charge in [0.1, 0.15) is 0 Å². The lowest BCUT2D eigenvalue weighted by Gasteiger charge is -2.38. The van der Waals surface area contributed by atoms with E-state index in [0.717, 1.165) is 11.8 Å². The minimum atomic E-state index is -1.01. The molecule has 0 bridgehead atoms. The number of halogens is 1. The van der Waals surface area contributed by atoms with Gasteiger partial charge in [0.15, 0.2) is 5.82 Å². The lowest BCUT2D eigenvalue weighted by molar-refractivity contribution is -0.147. The summed E-state index contributed by atoms with van der Waals surface area (Å²) in [7, 11) is 0. The topological polar surface area (TPSA) is 53.1 Å². The van der Waals surface area contributed by atoms with Gasteiger partial charge in [-0.15, -0.1) is 0 Å². The Morgan fingerprint density at radius 2 is 2.12 bits per heavy atom. The maximum Gasteiger partial charge on any atom is 0.314 e. The van der Waals surface area contributed by atoms with Crippen molar-refractivity contribution in [1.82, 2.24) is 4.98 Å². The molecular formula is C13H12FNO2. The first-order valence-corrected chi connectivity index (χ1v) is 5.65. The number of H-pyrrole nitrogens is 1. The number of aromatic amines is 1. The van der Waals surface area contributed by atoms with Gasteiger partial charge in [-0.25, -0.2) is 4.39 Å². The van der Waals surface area contributed by atoms with Crippen LogP contribution in [0.3, 0.4) is 0 Å². The molecule has 0 amide bonds. The zero-order valence-corrected chi connectivity index (χ0v) is 9.16. The Labute approximate surface area is 97.3 Å². The summed E-state index contributed by atoms with van der Waals surface area (Å²) in [6, 6.07) is 5.16. The number of carbonyl (C=O) groups is 1. The Kier molecular flexibility index (Phi) is 2.02. The van der Waals surface area contributed by atoms with Gasteiger partial charge in [-0.05, 0) is 18.9 Å². The Morgan fingerprint density at radius 3 is 2.71 bits per heavy atom. The lowest BCUT2D eigenvalue weighted by Crippen LogP contribution is -2.43. The third kappa shape index (κ3) is 1.24. The molecule has 1 fully saturated rings. The molecule has 0 saturated heterocycles. The molecule has 0 atom stereocenters. The molecule has 4 heteroatoms. The molecule has 0 aliphatic heterocycles. The average Bonchev–Trinajstić information content (AvgIpc) is 2.67. The molecular weight excluding hydrogens is 221 g/mol. The Morgan fingerprint density at radius 1 is 1.35 bits per heavy atom. The van der Waals surface area contributed by atoms with Crippen molar-refractivity contribution in [1.29, 1.82) is 0 Å². The second kappa shape index (κ2) is 3.32. The van der Waals surface area contributed by atoms with Crippen LogP contribution in [0, 0.1) is 5.82 Å². The van der Waals surface area contributed by atoms with Gasteiger partial charge in [-0.2, -0.15) is 0 Å². The average molecular weight is 233 g/mol. The van der Waals surface area contributed by atoms with Crippen molar-refractivity contribution in [3.63, 3.8) is 0 Å². The Balaban J connectivity index is 2.23. The van der Waals surface area contributed by atoms with Gasteiger partial charge in [0.25, 0.3) is 0 Å². The van der Waals surface area contributed by atoms with E-state index < -0.39 is 17.2 Å². The fourth-order valence-corrected chi connectivity index (χ4v) is 2.59. The highest BCUT2D eigenvalue weighted by Crippen LogP contribution is 2.45. The first kappa shape index (κ1) is 10.3. The molecule has 17 heavy (non-hydrogen) atoms. The summed E-state index contributed by atoms with van der Waals surface area (Å²) < 4.78 is 14.3. The van der Waals surface area contributed by atoms with E-state index in [1.807, 2.05) is 0 Å². The molecule has 88 valence electrons. The first-order chi connectivity index (χ1) is 8.15. The van der Waals surface area contributed by atoms with Crippen molar-refractivity contribution in [3.8, 4) is 0 Å². The van der Waals surface area contributed by atoms with E-state index in [0.29, 0.717) is 23.9 Å². The summed E-state index contributed by atoms with van der Waals surface area (Å²) >= 11 is 0. The highest BCUT2D eigenvalue weighted by atomic mass is 19.1. The summed E-state index contributed by atoms with van der Waals surface area (Å²) in [5, 5.41) is 10.1. The quantitative estimate of drug-likeness (QED) is 0.838. The van der Waals surface area contributed by atoms with Crippen molar-refractivity contribution in [3.05, 3.63) is 35.8 Å². The number of aromatic nitrogens is 1. The molecule has 2 N–H and O–H groups in total. The second-order valence-corrected chi connectivity index (χ2v) is 4.61. The van der Waals surface area contributed by atoms with Crippen LogP contribution in [0.15, 0.2) is 24.4 Å². The largest absolute Gasteiger partial charge is 0.481 e. The van der Waals surface area contributed by atoms with Crippen molar-refractivity contribution >= 4 is 16.9 Å². The second-order valence-electron chi connectivity index (χ2n) is 4.61. The standard InChI is InChI=1S/C13H12FNO2/c14-10-9(13(12(16)17)5-1-6-13)3-2-8-4-7-15-11(8)10/h2-4,7,15H,1,5-6H2,(H,16,17). The fraction of sp³-hybridized carbons (Fsp3) is 0.308. The lowest BCUT2D eigenvalue weighted by atomic mass is 9.64. The van der Waals surface area contributed by atoms with Gasteiger partial charge < -0.3 is 10.1 Å². The van der Waals surface area contributed by atoms with Crippen LogP contribution in [-0.4, -0.2) is 16.1 Å². The summed E-state index contributed by atoms with van der Waals surface area (Å²) in [6.07, 6.45) is 3.54. The number of hydrogen-bond donors (Lipinski definition) is 2. The van der Waals surface area contributed by atoms with E-state index >= 15 is 0 Å². The Hall–Kier alpha value is -1.84. The number of aliphatic carboxylic acids is 1. The van der Waals surface area contributed by atoms with Crippen LogP contribution in [0.1, 0.15) is 24.8 Å². The predicted octanol–water partition coefficient (Wildman–Crippen LogP) is 2.81. The zero-order chi connectivity index (χ0) is 12.0. The van der Waals surface area contributed by atoms with Gasteiger partial charge in [0.2, 0.25) is 0 Å². The van der Waals surface area contributed by atoms with Crippen molar-refractivity contribution in [2.24, 2.45) is 0 Å². The molecule has 0 unspecified atom stereocenters. The van der Waals surface area contributed by atoms with Crippen LogP contribution in [0.2, 0.25) is 0 Å². The molecule has 0 radical (unpaired) electrons. The highest BCUT2D eigenvalue weighted by molar-refractivity contribution is 5.87. The molecule has 1 aliphatic rings. The number of hydrogen-bond acceptors (Lipinski definition) is 1. The number of fused-ring (bicyclic) bond motifs is 1. The van der Waals surface area contributed by atoms with Crippen LogP contribution in [-0.2, 0) is 10.2 Å². The molecule has 1 saturated carbocycles. The number of nitrogens with one attached hydrogen (secondary N) is 1. The van der Waals surface area contributed by atoms with E-state index in [1.165, 1.54) is 0 Å². The maximum absolute atomic E-state index is 14.3. The maximum atomic E-state index is 14.3. The summed E-state index contributed by atoms with van der Waals surface area (Å²) in [4.78, 5) is 14.2. The molecule has 3 rings (SSSR count). The highest BCUT2D eigenvalue weighted by Gasteiger charge is 2.47.